The number of hydrogen-bond acceptors (Lipinski definition) is 4. The van der Waals surface area contributed by atoms with Crippen molar-refractivity contribution in [3.05, 3.63) is 68.3 Å². The van der Waals surface area contributed by atoms with E-state index in [4.69, 9.17) is 23.2 Å². The van der Waals surface area contributed by atoms with E-state index in [1.807, 2.05) is 24.1 Å². The molecule has 8 heteroatoms. The van der Waals surface area contributed by atoms with Crippen LogP contribution in [0, 0.1) is 10.1 Å². The molecular weight excluding hydrogens is 351 g/mol. The number of hydrogen-bond donors (Lipinski definition) is 0. The van der Waals surface area contributed by atoms with Crippen LogP contribution in [0.15, 0.2) is 42.6 Å². The predicted molar refractivity (Wildman–Crippen MR) is 94.3 cm³/mol. The minimum Gasteiger partial charge on any atom is -0.283 e. The fraction of sp³-hybridized carbons (Fsp3) is 0.188. The lowest BCUT2D eigenvalue weighted by atomic mass is 10.2. The molecule has 0 bridgehead atoms. The van der Waals surface area contributed by atoms with Crippen LogP contribution in [0.5, 0.6) is 0 Å². The Kier molecular flexibility index (Phi) is 4.71. The normalized spacial score (nSPS) is 11.3. The Morgan fingerprint density at radius 2 is 2.08 bits per heavy atom. The van der Waals surface area contributed by atoms with Gasteiger partial charge in [0.25, 0.3) is 5.69 Å². The van der Waals surface area contributed by atoms with Gasteiger partial charge in [0.1, 0.15) is 0 Å². The van der Waals surface area contributed by atoms with E-state index in [2.05, 4.69) is 5.10 Å². The summed E-state index contributed by atoms with van der Waals surface area (Å²) in [5.74, 6) is 0. The van der Waals surface area contributed by atoms with Crippen LogP contribution in [0.1, 0.15) is 5.56 Å². The molecule has 6 nitrogen and oxygen atoms in total. The first-order valence-corrected chi connectivity index (χ1v) is 7.92. The molecule has 0 N–H and O–H groups in total. The minimum atomic E-state index is -0.413. The number of nitro benzene ring substituents is 1. The van der Waals surface area contributed by atoms with Crippen LogP contribution < -0.4 is 0 Å². The highest BCUT2D eigenvalue weighted by atomic mass is 35.5. The zero-order chi connectivity index (χ0) is 17.3. The molecule has 1 aromatic heterocycles. The second kappa shape index (κ2) is 6.76. The maximum Gasteiger partial charge on any atom is 0.270 e. The van der Waals surface area contributed by atoms with Crippen molar-refractivity contribution in [1.82, 2.24) is 14.7 Å². The van der Waals surface area contributed by atoms with Gasteiger partial charge in [0.15, 0.2) is 0 Å². The Bertz CT molecular complexity index is 910. The SMILES string of the molecule is CN(Cc1cccc(Cl)c1Cl)Cn1ncc2cc([N+](=O)[O-])ccc21. The van der Waals surface area contributed by atoms with Crippen molar-refractivity contribution < 1.29 is 4.92 Å². The Morgan fingerprint density at radius 3 is 2.83 bits per heavy atom. The molecule has 0 fully saturated rings. The molecule has 3 rings (SSSR count). The highest BCUT2D eigenvalue weighted by Gasteiger charge is 2.12. The average Bonchev–Trinajstić information content (AvgIpc) is 2.94. The first-order valence-electron chi connectivity index (χ1n) is 7.17. The summed E-state index contributed by atoms with van der Waals surface area (Å²) in [5.41, 5.74) is 1.82. The zero-order valence-corrected chi connectivity index (χ0v) is 14.3. The number of non-ortho nitro benzene ring substituents is 1. The number of nitrogens with zero attached hydrogens (tertiary/aromatic N) is 4. The van der Waals surface area contributed by atoms with Crippen LogP contribution in [-0.4, -0.2) is 26.7 Å². The van der Waals surface area contributed by atoms with Crippen molar-refractivity contribution in [2.75, 3.05) is 7.05 Å². The lowest BCUT2D eigenvalue weighted by Gasteiger charge is -2.18. The van der Waals surface area contributed by atoms with Crippen LogP contribution in [0.2, 0.25) is 10.0 Å². The Labute approximate surface area is 148 Å². The molecular formula is C16H14Cl2N4O2. The number of nitro groups is 1. The topological polar surface area (TPSA) is 64.2 Å². The fourth-order valence-electron chi connectivity index (χ4n) is 2.54. The molecule has 24 heavy (non-hydrogen) atoms. The Morgan fingerprint density at radius 1 is 1.29 bits per heavy atom. The van der Waals surface area contributed by atoms with E-state index in [0.717, 1.165) is 16.5 Å². The molecule has 0 amide bonds. The summed E-state index contributed by atoms with van der Waals surface area (Å²) >= 11 is 12.3. The lowest BCUT2D eigenvalue weighted by molar-refractivity contribution is -0.384. The number of rotatable bonds is 5. The van der Waals surface area contributed by atoms with Gasteiger partial charge < -0.3 is 0 Å². The first-order chi connectivity index (χ1) is 11.5. The van der Waals surface area contributed by atoms with Crippen molar-refractivity contribution in [3.63, 3.8) is 0 Å². The van der Waals surface area contributed by atoms with Gasteiger partial charge in [0.05, 0.1) is 33.4 Å². The van der Waals surface area contributed by atoms with Crippen molar-refractivity contribution in [1.29, 1.82) is 0 Å². The number of aromatic nitrogens is 2. The molecule has 0 aliphatic carbocycles. The van der Waals surface area contributed by atoms with Crippen LogP contribution in [0.4, 0.5) is 5.69 Å². The Hall–Kier alpha value is -2.15. The van der Waals surface area contributed by atoms with Crippen molar-refractivity contribution in [3.8, 4) is 0 Å². The monoisotopic (exact) mass is 364 g/mol. The number of benzene rings is 2. The quantitative estimate of drug-likeness (QED) is 0.498. The van der Waals surface area contributed by atoms with Crippen LogP contribution in [0.25, 0.3) is 10.9 Å². The molecule has 0 aliphatic rings. The third-order valence-corrected chi connectivity index (χ3v) is 4.54. The first kappa shape index (κ1) is 16.7. The molecule has 124 valence electrons. The minimum absolute atomic E-state index is 0.0566. The maximum atomic E-state index is 10.8. The lowest BCUT2D eigenvalue weighted by Crippen LogP contribution is -2.22. The van der Waals surface area contributed by atoms with E-state index < -0.39 is 4.92 Å². The van der Waals surface area contributed by atoms with E-state index >= 15 is 0 Å². The third kappa shape index (κ3) is 3.36. The smallest absolute Gasteiger partial charge is 0.270 e. The molecule has 0 saturated carbocycles. The summed E-state index contributed by atoms with van der Waals surface area (Å²) in [6.45, 7) is 1.12. The van der Waals surface area contributed by atoms with E-state index in [9.17, 15) is 10.1 Å². The van der Waals surface area contributed by atoms with E-state index in [1.54, 1.807) is 23.0 Å². The van der Waals surface area contributed by atoms with Crippen molar-refractivity contribution >= 4 is 39.8 Å². The van der Waals surface area contributed by atoms with E-state index in [1.165, 1.54) is 12.1 Å². The zero-order valence-electron chi connectivity index (χ0n) is 12.8. The van der Waals surface area contributed by atoms with Gasteiger partial charge >= 0.3 is 0 Å². The second-order valence-electron chi connectivity index (χ2n) is 5.51. The van der Waals surface area contributed by atoms with Gasteiger partial charge in [-0.25, -0.2) is 0 Å². The summed E-state index contributed by atoms with van der Waals surface area (Å²) in [7, 11) is 1.94. The van der Waals surface area contributed by atoms with Gasteiger partial charge in [-0.3, -0.25) is 19.7 Å². The molecule has 0 aliphatic heterocycles. The predicted octanol–water partition coefficient (Wildman–Crippen LogP) is 4.34. The van der Waals surface area contributed by atoms with Crippen molar-refractivity contribution in [2.45, 2.75) is 13.2 Å². The van der Waals surface area contributed by atoms with Gasteiger partial charge in [-0.2, -0.15) is 5.10 Å². The molecule has 2 aromatic carbocycles. The summed E-state index contributed by atoms with van der Waals surface area (Å²) in [6.07, 6.45) is 1.63. The summed E-state index contributed by atoms with van der Waals surface area (Å²) in [5, 5.41) is 17.0. The molecule has 0 saturated heterocycles. The molecule has 0 atom stereocenters. The van der Waals surface area contributed by atoms with Gasteiger partial charge in [-0.15, -0.1) is 0 Å². The Balaban J connectivity index is 1.79. The van der Waals surface area contributed by atoms with Gasteiger partial charge in [0, 0.05) is 24.1 Å². The van der Waals surface area contributed by atoms with Crippen LogP contribution in [0.3, 0.4) is 0 Å². The maximum absolute atomic E-state index is 10.8. The number of halogens is 2. The highest BCUT2D eigenvalue weighted by molar-refractivity contribution is 6.42. The standard InChI is InChI=1S/C16H14Cl2N4O2/c1-20(9-11-3-2-4-14(17)16(11)18)10-21-15-6-5-13(22(23)24)7-12(15)8-19-21/h2-8H,9-10H2,1H3. The van der Waals surface area contributed by atoms with E-state index in [0.29, 0.717) is 23.3 Å². The number of fused-ring (bicyclic) bond motifs is 1. The summed E-state index contributed by atoms with van der Waals surface area (Å²) < 4.78 is 1.79. The van der Waals surface area contributed by atoms with Gasteiger partial charge in [-0.1, -0.05) is 35.3 Å². The van der Waals surface area contributed by atoms with Crippen molar-refractivity contribution in [2.24, 2.45) is 0 Å². The third-order valence-electron chi connectivity index (χ3n) is 3.68. The van der Waals surface area contributed by atoms with Crippen LogP contribution in [-0.2, 0) is 13.2 Å². The summed E-state index contributed by atoms with van der Waals surface area (Å²) in [4.78, 5) is 12.5. The highest BCUT2D eigenvalue weighted by Crippen LogP contribution is 2.26. The molecule has 0 radical (unpaired) electrons. The molecule has 1 heterocycles. The fourth-order valence-corrected chi connectivity index (χ4v) is 2.92. The molecule has 0 spiro atoms. The van der Waals surface area contributed by atoms with Crippen LogP contribution >= 0.6 is 23.2 Å². The molecule has 3 aromatic rings. The average molecular weight is 365 g/mol. The van der Waals surface area contributed by atoms with E-state index in [-0.39, 0.29) is 5.69 Å². The summed E-state index contributed by atoms with van der Waals surface area (Å²) in [6, 6.07) is 10.2. The second-order valence-corrected chi connectivity index (χ2v) is 6.30. The largest absolute Gasteiger partial charge is 0.283 e. The van der Waals surface area contributed by atoms with Gasteiger partial charge in [-0.05, 0) is 24.7 Å². The van der Waals surface area contributed by atoms with Gasteiger partial charge in [0.2, 0.25) is 0 Å². The molecule has 0 unspecified atom stereocenters.